The molecule has 5 heteroatoms. The van der Waals surface area contributed by atoms with E-state index >= 15 is 0 Å². The van der Waals surface area contributed by atoms with Crippen molar-refractivity contribution in [3.8, 4) is 17.6 Å². The van der Waals surface area contributed by atoms with Crippen LogP contribution < -0.4 is 4.74 Å². The van der Waals surface area contributed by atoms with Gasteiger partial charge in [-0.2, -0.15) is 0 Å². The summed E-state index contributed by atoms with van der Waals surface area (Å²) in [5.41, 5.74) is 2.00. The summed E-state index contributed by atoms with van der Waals surface area (Å²) in [6, 6.07) is 7.69. The Bertz CT molecular complexity index is 611. The van der Waals surface area contributed by atoms with Crippen LogP contribution in [-0.2, 0) is 0 Å². The van der Waals surface area contributed by atoms with Crippen LogP contribution in [0, 0.1) is 18.8 Å². The SMILES string of the molecule is Cc1csc(SCCOc2ccc(C#CCCO)cc2)n1. The number of rotatable bonds is 6. The fourth-order valence-electron chi connectivity index (χ4n) is 1.54. The monoisotopic (exact) mass is 319 g/mol. The average molecular weight is 319 g/mol. The number of benzene rings is 1. The van der Waals surface area contributed by atoms with Gasteiger partial charge in [-0.05, 0) is 31.2 Å². The number of ether oxygens (including phenoxy) is 1. The fourth-order valence-corrected chi connectivity index (χ4v) is 3.28. The van der Waals surface area contributed by atoms with Crippen molar-refractivity contribution in [3.05, 3.63) is 40.9 Å². The van der Waals surface area contributed by atoms with Crippen LogP contribution in [0.5, 0.6) is 5.75 Å². The third kappa shape index (κ3) is 5.80. The first-order valence-electron chi connectivity index (χ1n) is 6.65. The molecule has 1 N–H and O–H groups in total. The lowest BCUT2D eigenvalue weighted by Crippen LogP contribution is -1.99. The zero-order valence-electron chi connectivity index (χ0n) is 11.8. The molecule has 0 saturated carbocycles. The highest BCUT2D eigenvalue weighted by molar-refractivity contribution is 8.01. The molecule has 2 aromatic rings. The van der Waals surface area contributed by atoms with E-state index in [1.165, 1.54) is 0 Å². The Morgan fingerprint density at radius 2 is 2.14 bits per heavy atom. The normalized spacial score (nSPS) is 10.0. The van der Waals surface area contributed by atoms with Gasteiger partial charge in [-0.1, -0.05) is 23.6 Å². The first kappa shape index (κ1) is 15.9. The molecule has 0 bridgehead atoms. The highest BCUT2D eigenvalue weighted by Gasteiger charge is 2.00. The van der Waals surface area contributed by atoms with E-state index in [0.717, 1.165) is 27.1 Å². The minimum Gasteiger partial charge on any atom is -0.493 e. The molecule has 2 rings (SSSR count). The Kier molecular flexibility index (Phi) is 6.61. The summed E-state index contributed by atoms with van der Waals surface area (Å²) < 4.78 is 6.77. The highest BCUT2D eigenvalue weighted by atomic mass is 32.2. The van der Waals surface area contributed by atoms with E-state index in [4.69, 9.17) is 9.84 Å². The smallest absolute Gasteiger partial charge is 0.150 e. The van der Waals surface area contributed by atoms with E-state index in [1.54, 1.807) is 23.1 Å². The summed E-state index contributed by atoms with van der Waals surface area (Å²) in [6.07, 6.45) is 0.506. The molecule has 110 valence electrons. The third-order valence-corrected chi connectivity index (χ3v) is 4.60. The van der Waals surface area contributed by atoms with Crippen molar-refractivity contribution in [2.24, 2.45) is 0 Å². The summed E-state index contributed by atoms with van der Waals surface area (Å²) in [5.74, 6) is 7.61. The molecule has 0 unspecified atom stereocenters. The maximum atomic E-state index is 8.66. The van der Waals surface area contributed by atoms with E-state index < -0.39 is 0 Å². The van der Waals surface area contributed by atoms with Crippen LogP contribution in [0.25, 0.3) is 0 Å². The maximum absolute atomic E-state index is 8.66. The van der Waals surface area contributed by atoms with Crippen LogP contribution >= 0.6 is 23.1 Å². The summed E-state index contributed by atoms with van der Waals surface area (Å²) in [4.78, 5) is 4.40. The van der Waals surface area contributed by atoms with Crippen molar-refractivity contribution < 1.29 is 9.84 Å². The van der Waals surface area contributed by atoms with Crippen LogP contribution in [0.1, 0.15) is 17.7 Å². The molecule has 21 heavy (non-hydrogen) atoms. The van der Waals surface area contributed by atoms with Crippen LogP contribution in [0.3, 0.4) is 0 Å². The lowest BCUT2D eigenvalue weighted by atomic mass is 10.2. The number of aryl methyl sites for hydroxylation is 1. The van der Waals surface area contributed by atoms with Gasteiger partial charge >= 0.3 is 0 Å². The van der Waals surface area contributed by atoms with Crippen LogP contribution in [-0.4, -0.2) is 29.1 Å². The summed E-state index contributed by atoms with van der Waals surface area (Å²) in [5, 5.41) is 10.7. The first-order valence-corrected chi connectivity index (χ1v) is 8.52. The minimum atomic E-state index is 0.102. The largest absolute Gasteiger partial charge is 0.493 e. The molecular formula is C16H17NO2S2. The Morgan fingerprint density at radius 1 is 1.33 bits per heavy atom. The van der Waals surface area contributed by atoms with Gasteiger partial charge in [0.05, 0.1) is 13.2 Å². The van der Waals surface area contributed by atoms with Crippen LogP contribution in [0.15, 0.2) is 34.0 Å². The van der Waals surface area contributed by atoms with E-state index in [1.807, 2.05) is 31.2 Å². The molecule has 0 aliphatic heterocycles. The molecule has 0 fully saturated rings. The van der Waals surface area contributed by atoms with Crippen molar-refractivity contribution >= 4 is 23.1 Å². The quantitative estimate of drug-likeness (QED) is 0.504. The zero-order valence-corrected chi connectivity index (χ0v) is 13.5. The second-order valence-electron chi connectivity index (χ2n) is 4.25. The molecule has 1 aromatic carbocycles. The van der Waals surface area contributed by atoms with Crippen LogP contribution in [0.4, 0.5) is 0 Å². The van der Waals surface area contributed by atoms with Gasteiger partial charge in [0.2, 0.25) is 0 Å². The molecule has 0 saturated heterocycles. The number of aromatic nitrogens is 1. The number of thiazole rings is 1. The van der Waals surface area contributed by atoms with Crippen molar-refractivity contribution in [3.63, 3.8) is 0 Å². The van der Waals surface area contributed by atoms with E-state index in [2.05, 4.69) is 22.2 Å². The number of aliphatic hydroxyl groups excluding tert-OH is 1. The number of aliphatic hydroxyl groups is 1. The number of hydrogen-bond acceptors (Lipinski definition) is 5. The highest BCUT2D eigenvalue weighted by Crippen LogP contribution is 2.22. The Hall–Kier alpha value is -1.48. The number of nitrogens with zero attached hydrogens (tertiary/aromatic N) is 1. The molecule has 0 aliphatic carbocycles. The van der Waals surface area contributed by atoms with Crippen molar-refractivity contribution in [1.82, 2.24) is 4.98 Å². The molecule has 0 radical (unpaired) electrons. The van der Waals surface area contributed by atoms with Gasteiger partial charge in [0.15, 0.2) is 0 Å². The minimum absolute atomic E-state index is 0.102. The lowest BCUT2D eigenvalue weighted by Gasteiger charge is -2.05. The third-order valence-electron chi connectivity index (χ3n) is 2.50. The number of thioether (sulfide) groups is 1. The summed E-state index contributed by atoms with van der Waals surface area (Å²) >= 11 is 3.38. The summed E-state index contributed by atoms with van der Waals surface area (Å²) in [7, 11) is 0. The predicted octanol–water partition coefficient (Wildman–Crippen LogP) is 3.36. The van der Waals surface area contributed by atoms with Gasteiger partial charge in [-0.25, -0.2) is 4.98 Å². The molecule has 0 amide bonds. The van der Waals surface area contributed by atoms with Gasteiger partial charge in [0.1, 0.15) is 10.1 Å². The topological polar surface area (TPSA) is 42.4 Å². The van der Waals surface area contributed by atoms with Crippen molar-refractivity contribution in [2.75, 3.05) is 19.0 Å². The van der Waals surface area contributed by atoms with E-state index in [9.17, 15) is 0 Å². The Labute approximate surface area is 133 Å². The molecule has 3 nitrogen and oxygen atoms in total. The second-order valence-corrected chi connectivity index (χ2v) is 6.45. The standard InChI is InChI=1S/C16H17NO2S2/c1-13-12-21-16(17-13)20-11-10-19-15-7-5-14(6-8-15)4-2-3-9-18/h5-8,12,18H,3,9-11H2,1H3. The molecule has 1 heterocycles. The number of hydrogen-bond donors (Lipinski definition) is 1. The zero-order chi connectivity index (χ0) is 14.9. The Balaban J connectivity index is 1.72. The molecule has 0 aliphatic rings. The average Bonchev–Trinajstić information content (AvgIpc) is 2.91. The Morgan fingerprint density at radius 3 is 2.81 bits per heavy atom. The predicted molar refractivity (Wildman–Crippen MR) is 88.1 cm³/mol. The van der Waals surface area contributed by atoms with Gasteiger partial charge in [-0.15, -0.1) is 11.3 Å². The fraction of sp³-hybridized carbons (Fsp3) is 0.312. The molecular weight excluding hydrogens is 302 g/mol. The van der Waals surface area contributed by atoms with Crippen LogP contribution in [0.2, 0.25) is 0 Å². The summed E-state index contributed by atoms with van der Waals surface area (Å²) in [6.45, 7) is 2.76. The maximum Gasteiger partial charge on any atom is 0.150 e. The van der Waals surface area contributed by atoms with Gasteiger partial charge in [0.25, 0.3) is 0 Å². The van der Waals surface area contributed by atoms with Crippen molar-refractivity contribution in [1.29, 1.82) is 0 Å². The van der Waals surface area contributed by atoms with Crippen molar-refractivity contribution in [2.45, 2.75) is 17.7 Å². The van der Waals surface area contributed by atoms with E-state index in [0.29, 0.717) is 13.0 Å². The van der Waals surface area contributed by atoms with E-state index in [-0.39, 0.29) is 6.61 Å². The molecule has 1 aromatic heterocycles. The second kappa shape index (κ2) is 8.73. The lowest BCUT2D eigenvalue weighted by molar-refractivity contribution is 0.305. The van der Waals surface area contributed by atoms with Gasteiger partial charge < -0.3 is 9.84 Å². The van der Waals surface area contributed by atoms with Gasteiger partial charge in [-0.3, -0.25) is 0 Å². The first-order chi connectivity index (χ1) is 10.3. The molecule has 0 atom stereocenters. The molecule has 0 spiro atoms. The van der Waals surface area contributed by atoms with Gasteiger partial charge in [0, 0.05) is 28.8 Å².